The Hall–Kier alpha value is -1.58. The molecule has 0 saturated carbocycles. The molecule has 0 radical (unpaired) electrons. The summed E-state index contributed by atoms with van der Waals surface area (Å²) in [6, 6.07) is 6.54. The van der Waals surface area contributed by atoms with Crippen LogP contribution in [0.1, 0.15) is 25.6 Å². The molecule has 0 aromatic heterocycles. The molecule has 0 fully saturated rings. The predicted octanol–water partition coefficient (Wildman–Crippen LogP) is 2.63. The third kappa shape index (κ3) is 2.72. The van der Waals surface area contributed by atoms with Gasteiger partial charge in [-0.2, -0.15) is 0 Å². The molecule has 3 nitrogen and oxygen atoms in total. The SMILES string of the molecule is CCN(CC)c1ccc(C(F)C(=O)O)cc1. The summed E-state index contributed by atoms with van der Waals surface area (Å²) in [7, 11) is 0. The lowest BCUT2D eigenvalue weighted by Crippen LogP contribution is -2.21. The molecule has 1 unspecified atom stereocenters. The van der Waals surface area contributed by atoms with Crippen molar-refractivity contribution in [1.29, 1.82) is 0 Å². The Kier molecular flexibility index (Phi) is 4.28. The fourth-order valence-corrected chi connectivity index (χ4v) is 1.59. The second-order valence-electron chi connectivity index (χ2n) is 3.46. The number of carboxylic acid groups (broad SMARTS) is 1. The van der Waals surface area contributed by atoms with Crippen molar-refractivity contribution >= 4 is 11.7 Å². The number of carbonyl (C=O) groups is 1. The smallest absolute Gasteiger partial charge is 0.343 e. The van der Waals surface area contributed by atoms with Gasteiger partial charge in [0.25, 0.3) is 0 Å². The van der Waals surface area contributed by atoms with Gasteiger partial charge in [-0.15, -0.1) is 0 Å². The van der Waals surface area contributed by atoms with E-state index < -0.39 is 12.1 Å². The van der Waals surface area contributed by atoms with Crippen LogP contribution in [0, 0.1) is 0 Å². The number of benzene rings is 1. The van der Waals surface area contributed by atoms with Crippen LogP contribution < -0.4 is 4.90 Å². The minimum absolute atomic E-state index is 0.184. The van der Waals surface area contributed by atoms with Crippen molar-refractivity contribution in [3.8, 4) is 0 Å². The van der Waals surface area contributed by atoms with Crippen molar-refractivity contribution in [3.63, 3.8) is 0 Å². The molecular formula is C12H16FNO2. The van der Waals surface area contributed by atoms with Gasteiger partial charge < -0.3 is 10.0 Å². The molecule has 0 heterocycles. The van der Waals surface area contributed by atoms with Gasteiger partial charge >= 0.3 is 5.97 Å². The van der Waals surface area contributed by atoms with Crippen molar-refractivity contribution in [1.82, 2.24) is 0 Å². The van der Waals surface area contributed by atoms with Crippen LogP contribution in [0.3, 0.4) is 0 Å². The third-order valence-electron chi connectivity index (χ3n) is 2.53. The van der Waals surface area contributed by atoms with E-state index in [1.54, 1.807) is 12.1 Å². The van der Waals surface area contributed by atoms with Gasteiger partial charge in [0.15, 0.2) is 0 Å². The van der Waals surface area contributed by atoms with Crippen molar-refractivity contribution in [2.75, 3.05) is 18.0 Å². The normalized spacial score (nSPS) is 12.2. The molecule has 16 heavy (non-hydrogen) atoms. The maximum absolute atomic E-state index is 13.1. The Labute approximate surface area is 94.5 Å². The van der Waals surface area contributed by atoms with Gasteiger partial charge in [-0.1, -0.05) is 12.1 Å². The topological polar surface area (TPSA) is 40.5 Å². The molecule has 1 N–H and O–H groups in total. The molecule has 0 saturated heterocycles. The Morgan fingerprint density at radius 2 is 1.81 bits per heavy atom. The summed E-state index contributed by atoms with van der Waals surface area (Å²) < 4.78 is 13.1. The van der Waals surface area contributed by atoms with E-state index >= 15 is 0 Å². The van der Waals surface area contributed by atoms with Crippen LogP contribution in [-0.2, 0) is 4.79 Å². The molecule has 1 aromatic rings. The van der Waals surface area contributed by atoms with Crippen LogP contribution in [0.5, 0.6) is 0 Å². The Bertz CT molecular complexity index is 347. The number of hydrogen-bond donors (Lipinski definition) is 1. The Morgan fingerprint density at radius 1 is 1.31 bits per heavy atom. The first-order chi connectivity index (χ1) is 7.60. The van der Waals surface area contributed by atoms with Gasteiger partial charge in [0.2, 0.25) is 6.17 Å². The number of hydrogen-bond acceptors (Lipinski definition) is 2. The number of halogens is 1. The van der Waals surface area contributed by atoms with E-state index in [-0.39, 0.29) is 5.56 Å². The summed E-state index contributed by atoms with van der Waals surface area (Å²) in [5.74, 6) is -1.45. The molecule has 4 heteroatoms. The molecular weight excluding hydrogens is 209 g/mol. The van der Waals surface area contributed by atoms with E-state index in [0.717, 1.165) is 18.8 Å². The quantitative estimate of drug-likeness (QED) is 0.837. The van der Waals surface area contributed by atoms with Crippen LogP contribution >= 0.6 is 0 Å². The lowest BCUT2D eigenvalue weighted by molar-refractivity contribution is -0.143. The first kappa shape index (κ1) is 12.5. The molecule has 0 aliphatic heterocycles. The first-order valence-electron chi connectivity index (χ1n) is 5.31. The average molecular weight is 225 g/mol. The van der Waals surface area contributed by atoms with Crippen LogP contribution in [0.25, 0.3) is 0 Å². The summed E-state index contributed by atoms with van der Waals surface area (Å²) >= 11 is 0. The molecule has 0 bridgehead atoms. The van der Waals surface area contributed by atoms with Crippen LogP contribution in [-0.4, -0.2) is 24.2 Å². The summed E-state index contributed by atoms with van der Waals surface area (Å²) in [5.41, 5.74) is 1.16. The molecule has 1 rings (SSSR count). The number of anilines is 1. The highest BCUT2D eigenvalue weighted by molar-refractivity contribution is 5.74. The Balaban J connectivity index is 2.86. The third-order valence-corrected chi connectivity index (χ3v) is 2.53. The second kappa shape index (κ2) is 5.49. The van der Waals surface area contributed by atoms with Gasteiger partial charge in [0.05, 0.1) is 0 Å². The fraction of sp³-hybridized carbons (Fsp3) is 0.417. The monoisotopic (exact) mass is 225 g/mol. The minimum Gasteiger partial charge on any atom is -0.479 e. The maximum Gasteiger partial charge on any atom is 0.343 e. The van der Waals surface area contributed by atoms with Gasteiger partial charge in [-0.25, -0.2) is 9.18 Å². The second-order valence-corrected chi connectivity index (χ2v) is 3.46. The minimum atomic E-state index is -1.94. The highest BCUT2D eigenvalue weighted by Crippen LogP contribution is 2.21. The van der Waals surface area contributed by atoms with E-state index in [2.05, 4.69) is 4.90 Å². The standard InChI is InChI=1S/C12H16FNO2/c1-3-14(4-2)10-7-5-9(6-8-10)11(13)12(15)16/h5-8,11H,3-4H2,1-2H3,(H,15,16). The van der Waals surface area contributed by atoms with Crippen LogP contribution in [0.15, 0.2) is 24.3 Å². The van der Waals surface area contributed by atoms with E-state index in [1.807, 2.05) is 13.8 Å². The zero-order valence-electron chi connectivity index (χ0n) is 9.48. The molecule has 0 aliphatic rings. The number of alkyl halides is 1. The van der Waals surface area contributed by atoms with Crippen LogP contribution in [0.4, 0.5) is 10.1 Å². The lowest BCUT2D eigenvalue weighted by atomic mass is 10.1. The molecule has 0 spiro atoms. The molecule has 88 valence electrons. The van der Waals surface area contributed by atoms with Crippen molar-refractivity contribution < 1.29 is 14.3 Å². The largest absolute Gasteiger partial charge is 0.479 e. The lowest BCUT2D eigenvalue weighted by Gasteiger charge is -2.21. The zero-order valence-corrected chi connectivity index (χ0v) is 9.48. The number of nitrogens with zero attached hydrogens (tertiary/aromatic N) is 1. The van der Waals surface area contributed by atoms with Crippen molar-refractivity contribution in [2.24, 2.45) is 0 Å². The van der Waals surface area contributed by atoms with E-state index in [1.165, 1.54) is 12.1 Å². The fourth-order valence-electron chi connectivity index (χ4n) is 1.59. The number of carboxylic acids is 1. The first-order valence-corrected chi connectivity index (χ1v) is 5.31. The summed E-state index contributed by atoms with van der Waals surface area (Å²) in [6.07, 6.45) is -1.94. The summed E-state index contributed by atoms with van der Waals surface area (Å²) in [6.45, 7) is 5.81. The molecule has 0 aliphatic carbocycles. The average Bonchev–Trinajstić information content (AvgIpc) is 2.30. The predicted molar refractivity (Wildman–Crippen MR) is 61.5 cm³/mol. The van der Waals surface area contributed by atoms with Crippen molar-refractivity contribution in [2.45, 2.75) is 20.0 Å². The highest BCUT2D eigenvalue weighted by Gasteiger charge is 2.18. The van der Waals surface area contributed by atoms with Gasteiger partial charge in [0.1, 0.15) is 0 Å². The number of aliphatic carboxylic acids is 1. The van der Waals surface area contributed by atoms with Crippen LogP contribution in [0.2, 0.25) is 0 Å². The molecule has 0 amide bonds. The Morgan fingerprint density at radius 3 is 2.19 bits per heavy atom. The molecule has 1 aromatic carbocycles. The highest BCUT2D eigenvalue weighted by atomic mass is 19.1. The number of rotatable bonds is 5. The van der Waals surface area contributed by atoms with E-state index in [9.17, 15) is 9.18 Å². The maximum atomic E-state index is 13.1. The van der Waals surface area contributed by atoms with Gasteiger partial charge in [-0.3, -0.25) is 0 Å². The zero-order chi connectivity index (χ0) is 12.1. The summed E-state index contributed by atoms with van der Waals surface area (Å²) in [4.78, 5) is 12.6. The van der Waals surface area contributed by atoms with Gasteiger partial charge in [-0.05, 0) is 31.5 Å². The summed E-state index contributed by atoms with van der Waals surface area (Å²) in [5, 5.41) is 8.52. The van der Waals surface area contributed by atoms with E-state index in [0.29, 0.717) is 0 Å². The van der Waals surface area contributed by atoms with Gasteiger partial charge in [0, 0.05) is 18.8 Å². The van der Waals surface area contributed by atoms with E-state index in [4.69, 9.17) is 5.11 Å². The molecule has 1 atom stereocenters. The van der Waals surface area contributed by atoms with Crippen molar-refractivity contribution in [3.05, 3.63) is 29.8 Å².